The molecule has 4 heteroatoms. The highest BCUT2D eigenvalue weighted by Crippen LogP contribution is 2.43. The van der Waals surface area contributed by atoms with Gasteiger partial charge in [0.05, 0.1) is 6.04 Å². The molecular weight excluding hydrogens is 321 g/mol. The first-order valence-corrected chi connectivity index (χ1v) is 9.04. The van der Waals surface area contributed by atoms with E-state index in [1.54, 1.807) is 17.8 Å². The third-order valence-corrected chi connectivity index (χ3v) is 5.17. The highest BCUT2D eigenvalue weighted by Gasteiger charge is 2.27. The monoisotopic (exact) mass is 341 g/mol. The summed E-state index contributed by atoms with van der Waals surface area (Å²) in [5.41, 5.74) is 8.28. The number of benzene rings is 2. The summed E-state index contributed by atoms with van der Waals surface area (Å²) in [6.45, 7) is 3.88. The molecule has 2 N–H and O–H groups in total. The second-order valence-corrected chi connectivity index (χ2v) is 6.79. The molecule has 124 valence electrons. The van der Waals surface area contributed by atoms with Crippen LogP contribution < -0.4 is 5.48 Å². The van der Waals surface area contributed by atoms with Crippen LogP contribution in [0.15, 0.2) is 52.9 Å². The molecule has 3 rings (SSSR count). The van der Waals surface area contributed by atoms with Gasteiger partial charge in [0.1, 0.15) is 5.82 Å². The number of nitrogens with one attached hydrogen (secondary N) is 1. The smallest absolute Gasteiger partial charge is 0.123 e. The van der Waals surface area contributed by atoms with E-state index in [2.05, 4.69) is 42.1 Å². The molecule has 0 saturated heterocycles. The van der Waals surface area contributed by atoms with Crippen molar-refractivity contribution in [1.29, 1.82) is 0 Å². The number of halogens is 1. The zero-order chi connectivity index (χ0) is 17.3. The summed E-state index contributed by atoms with van der Waals surface area (Å²) in [4.78, 5) is 1.22. The van der Waals surface area contributed by atoms with Gasteiger partial charge in [-0.2, -0.15) is 5.48 Å². The van der Waals surface area contributed by atoms with Crippen molar-refractivity contribution in [2.75, 3.05) is 6.26 Å². The van der Waals surface area contributed by atoms with Crippen LogP contribution in [-0.4, -0.2) is 17.5 Å². The molecule has 1 unspecified atom stereocenters. The molecule has 0 saturated carbocycles. The highest BCUT2D eigenvalue weighted by atomic mass is 32.2. The maximum absolute atomic E-state index is 13.7. The number of allylic oxidation sites excluding steroid dienone is 2. The molecule has 2 nitrogen and oxygen atoms in total. The molecule has 2 aromatic carbocycles. The summed E-state index contributed by atoms with van der Waals surface area (Å²) >= 11 is 1.71. The van der Waals surface area contributed by atoms with Gasteiger partial charge in [0.25, 0.3) is 0 Å². The zero-order valence-electron chi connectivity index (χ0n) is 13.9. The van der Waals surface area contributed by atoms with E-state index in [4.69, 9.17) is 0 Å². The van der Waals surface area contributed by atoms with Gasteiger partial charge in [-0.15, -0.1) is 11.8 Å². The molecule has 0 heterocycles. The first kappa shape index (κ1) is 17.0. The Balaban J connectivity index is 2.13. The SMILES string of the molecule is CSc1ccc(/C=C2/C(C)=C(C(C)NO)c3cc(F)ccc32)cc1. The Morgan fingerprint density at radius 2 is 1.83 bits per heavy atom. The molecule has 1 aliphatic rings. The number of hydrogen-bond donors (Lipinski definition) is 2. The number of thioether (sulfide) groups is 1. The topological polar surface area (TPSA) is 32.3 Å². The predicted octanol–water partition coefficient (Wildman–Crippen LogP) is 5.24. The molecule has 0 amide bonds. The van der Waals surface area contributed by atoms with Crippen LogP contribution >= 0.6 is 11.8 Å². The lowest BCUT2D eigenvalue weighted by Crippen LogP contribution is -2.23. The summed E-state index contributed by atoms with van der Waals surface area (Å²) in [6, 6.07) is 12.9. The van der Waals surface area contributed by atoms with E-state index in [0.29, 0.717) is 0 Å². The van der Waals surface area contributed by atoms with Gasteiger partial charge in [-0.05, 0) is 83.9 Å². The molecular formula is C20H20FNOS. The Labute approximate surface area is 146 Å². The van der Waals surface area contributed by atoms with Crippen molar-refractivity contribution in [3.8, 4) is 0 Å². The largest absolute Gasteiger partial charge is 0.316 e. The molecule has 24 heavy (non-hydrogen) atoms. The maximum Gasteiger partial charge on any atom is 0.123 e. The fourth-order valence-electron chi connectivity index (χ4n) is 3.20. The van der Waals surface area contributed by atoms with Crippen LogP contribution in [0.4, 0.5) is 4.39 Å². The molecule has 1 aliphatic carbocycles. The third-order valence-electron chi connectivity index (χ3n) is 4.42. The number of hydroxylamine groups is 1. The van der Waals surface area contributed by atoms with Crippen LogP contribution in [0.3, 0.4) is 0 Å². The van der Waals surface area contributed by atoms with E-state index in [1.807, 2.05) is 19.9 Å². The number of hydrogen-bond acceptors (Lipinski definition) is 3. The molecule has 0 fully saturated rings. The Kier molecular flexibility index (Phi) is 4.90. The summed E-state index contributed by atoms with van der Waals surface area (Å²) in [6.07, 6.45) is 4.17. The van der Waals surface area contributed by atoms with Crippen LogP contribution in [0.5, 0.6) is 0 Å². The minimum Gasteiger partial charge on any atom is -0.316 e. The molecule has 0 radical (unpaired) electrons. The Morgan fingerprint density at radius 1 is 1.12 bits per heavy atom. The van der Waals surface area contributed by atoms with Gasteiger partial charge in [-0.3, -0.25) is 0 Å². The van der Waals surface area contributed by atoms with Crippen LogP contribution in [0.25, 0.3) is 17.2 Å². The highest BCUT2D eigenvalue weighted by molar-refractivity contribution is 7.98. The molecule has 0 aliphatic heterocycles. The fourth-order valence-corrected chi connectivity index (χ4v) is 3.61. The Hall–Kier alpha value is -1.88. The van der Waals surface area contributed by atoms with Gasteiger partial charge in [0.2, 0.25) is 0 Å². The molecule has 0 bridgehead atoms. The van der Waals surface area contributed by atoms with Crippen molar-refractivity contribution in [2.45, 2.75) is 24.8 Å². The van der Waals surface area contributed by atoms with Gasteiger partial charge in [0, 0.05) is 4.90 Å². The summed E-state index contributed by atoms with van der Waals surface area (Å²) < 4.78 is 13.7. The maximum atomic E-state index is 13.7. The number of rotatable bonds is 4. The van der Waals surface area contributed by atoms with Crippen molar-refractivity contribution in [1.82, 2.24) is 5.48 Å². The quantitative estimate of drug-likeness (QED) is 0.589. The first-order valence-electron chi connectivity index (χ1n) is 7.82. The number of fused-ring (bicyclic) bond motifs is 1. The third kappa shape index (κ3) is 3.05. The van der Waals surface area contributed by atoms with Crippen molar-refractivity contribution >= 4 is 29.0 Å². The summed E-state index contributed by atoms with van der Waals surface area (Å²) in [7, 11) is 0. The normalized spacial score (nSPS) is 16.6. The predicted molar refractivity (Wildman–Crippen MR) is 99.5 cm³/mol. The van der Waals surface area contributed by atoms with E-state index >= 15 is 0 Å². The second-order valence-electron chi connectivity index (χ2n) is 5.91. The van der Waals surface area contributed by atoms with Crippen LogP contribution in [0.1, 0.15) is 30.5 Å². The van der Waals surface area contributed by atoms with Crippen molar-refractivity contribution < 1.29 is 9.60 Å². The minimum atomic E-state index is -0.269. The first-order chi connectivity index (χ1) is 11.5. The van der Waals surface area contributed by atoms with Gasteiger partial charge in [-0.25, -0.2) is 4.39 Å². The van der Waals surface area contributed by atoms with Gasteiger partial charge >= 0.3 is 0 Å². The van der Waals surface area contributed by atoms with E-state index in [0.717, 1.165) is 33.4 Å². The lowest BCUT2D eigenvalue weighted by Gasteiger charge is -2.13. The summed E-state index contributed by atoms with van der Waals surface area (Å²) in [5, 5.41) is 9.34. The van der Waals surface area contributed by atoms with Crippen LogP contribution in [0.2, 0.25) is 0 Å². The summed E-state index contributed by atoms with van der Waals surface area (Å²) in [5.74, 6) is -0.269. The Morgan fingerprint density at radius 3 is 2.46 bits per heavy atom. The van der Waals surface area contributed by atoms with Crippen LogP contribution in [0, 0.1) is 5.82 Å². The molecule has 1 atom stereocenters. The van der Waals surface area contributed by atoms with Crippen molar-refractivity contribution in [3.63, 3.8) is 0 Å². The zero-order valence-corrected chi connectivity index (χ0v) is 14.7. The minimum absolute atomic E-state index is 0.268. The van der Waals surface area contributed by atoms with Gasteiger partial charge in [-0.1, -0.05) is 18.2 Å². The Bertz CT molecular complexity index is 824. The molecule has 0 aromatic heterocycles. The standard InChI is InChI=1S/C20H20FNOS/c1-12-18(10-14-4-7-16(24-3)8-5-14)17-9-6-15(21)11-19(17)20(12)13(2)22-23/h4-11,13,22-23H,1-3H3/b18-10-. The van der Waals surface area contributed by atoms with E-state index in [-0.39, 0.29) is 11.9 Å². The second kappa shape index (κ2) is 6.93. The lowest BCUT2D eigenvalue weighted by atomic mass is 10.00. The average Bonchev–Trinajstić information content (AvgIpc) is 2.86. The van der Waals surface area contributed by atoms with E-state index < -0.39 is 0 Å². The fraction of sp³-hybridized carbons (Fsp3) is 0.200. The average molecular weight is 341 g/mol. The van der Waals surface area contributed by atoms with Gasteiger partial charge < -0.3 is 5.21 Å². The van der Waals surface area contributed by atoms with E-state index in [9.17, 15) is 9.60 Å². The van der Waals surface area contributed by atoms with Crippen molar-refractivity contribution in [3.05, 3.63) is 70.5 Å². The van der Waals surface area contributed by atoms with Gasteiger partial charge in [0.15, 0.2) is 0 Å². The molecule has 2 aromatic rings. The lowest BCUT2D eigenvalue weighted by molar-refractivity contribution is 0.152. The molecule has 0 spiro atoms. The van der Waals surface area contributed by atoms with Crippen LogP contribution in [-0.2, 0) is 0 Å². The van der Waals surface area contributed by atoms with Crippen molar-refractivity contribution in [2.24, 2.45) is 0 Å². The van der Waals surface area contributed by atoms with E-state index in [1.165, 1.54) is 11.0 Å².